The first-order valence-electron chi connectivity index (χ1n) is 7.15. The Bertz CT molecular complexity index is 653. The molecule has 2 saturated heterocycles. The number of aryl methyl sites for hydroxylation is 1. The molecule has 2 fully saturated rings. The van der Waals surface area contributed by atoms with Crippen molar-refractivity contribution in [2.24, 2.45) is 11.8 Å². The van der Waals surface area contributed by atoms with Crippen molar-refractivity contribution in [1.82, 2.24) is 4.31 Å². The molecule has 0 spiro atoms. The fourth-order valence-electron chi connectivity index (χ4n) is 3.24. The molecule has 0 aliphatic carbocycles. The monoisotopic (exact) mass is 309 g/mol. The molecule has 0 unspecified atom stereocenters. The van der Waals surface area contributed by atoms with E-state index in [4.69, 9.17) is 4.74 Å². The van der Waals surface area contributed by atoms with E-state index in [0.717, 1.165) is 9.87 Å². The van der Waals surface area contributed by atoms with Gasteiger partial charge >= 0.3 is 0 Å². The Morgan fingerprint density at radius 2 is 1.90 bits per heavy atom. The van der Waals surface area contributed by atoms with Crippen molar-refractivity contribution >= 4 is 15.9 Å². The van der Waals surface area contributed by atoms with Crippen LogP contribution in [0.3, 0.4) is 0 Å². The first-order chi connectivity index (χ1) is 9.93. The number of ether oxygens (including phenoxy) is 1. The van der Waals surface area contributed by atoms with Crippen LogP contribution in [0.5, 0.6) is 0 Å². The van der Waals surface area contributed by atoms with E-state index in [2.05, 4.69) is 0 Å². The highest BCUT2D eigenvalue weighted by molar-refractivity contribution is 7.89. The minimum atomic E-state index is -3.78. The van der Waals surface area contributed by atoms with Crippen LogP contribution in [0.25, 0.3) is 0 Å². The van der Waals surface area contributed by atoms with Crippen LogP contribution >= 0.6 is 0 Å². The second kappa shape index (κ2) is 5.10. The van der Waals surface area contributed by atoms with Gasteiger partial charge in [-0.3, -0.25) is 4.79 Å². The Balaban J connectivity index is 1.98. The van der Waals surface area contributed by atoms with Crippen molar-refractivity contribution < 1.29 is 17.9 Å². The Morgan fingerprint density at radius 3 is 2.52 bits per heavy atom. The number of benzene rings is 1. The fraction of sp³-hybridized carbons (Fsp3) is 0.533. The first-order valence-corrected chi connectivity index (χ1v) is 8.59. The molecule has 6 heteroatoms. The molecule has 3 rings (SSSR count). The second-order valence-electron chi connectivity index (χ2n) is 5.83. The molecular weight excluding hydrogens is 290 g/mol. The van der Waals surface area contributed by atoms with E-state index in [9.17, 15) is 13.2 Å². The second-order valence-corrected chi connectivity index (χ2v) is 7.64. The molecule has 3 atom stereocenters. The summed E-state index contributed by atoms with van der Waals surface area (Å²) in [5.74, 6) is -0.545. The van der Waals surface area contributed by atoms with Crippen molar-refractivity contribution in [3.63, 3.8) is 0 Å². The number of fused-ring (bicyclic) bond motifs is 1. The summed E-state index contributed by atoms with van der Waals surface area (Å²) in [4.78, 5) is 12.7. The van der Waals surface area contributed by atoms with Gasteiger partial charge < -0.3 is 4.74 Å². The summed E-state index contributed by atoms with van der Waals surface area (Å²) in [6.07, 6.45) is 0.605. The average molecular weight is 309 g/mol. The van der Waals surface area contributed by atoms with Crippen LogP contribution in [0.1, 0.15) is 18.9 Å². The number of carbonyl (C=O) groups is 1. The number of hydrogen-bond acceptors (Lipinski definition) is 4. The third-order valence-corrected chi connectivity index (χ3v) is 6.40. The normalized spacial score (nSPS) is 29.5. The first kappa shape index (κ1) is 14.5. The molecule has 2 aliphatic heterocycles. The van der Waals surface area contributed by atoms with Gasteiger partial charge in [-0.1, -0.05) is 17.7 Å². The minimum absolute atomic E-state index is 0.0357. The zero-order chi connectivity index (χ0) is 15.2. The predicted molar refractivity (Wildman–Crippen MR) is 77.1 cm³/mol. The van der Waals surface area contributed by atoms with E-state index in [1.165, 1.54) is 0 Å². The van der Waals surface area contributed by atoms with E-state index in [1.54, 1.807) is 31.2 Å². The lowest BCUT2D eigenvalue weighted by molar-refractivity contribution is -0.129. The third-order valence-electron chi connectivity index (χ3n) is 4.50. The molecule has 5 nitrogen and oxygen atoms in total. The molecular formula is C15H19NO4S. The van der Waals surface area contributed by atoms with Gasteiger partial charge in [0.1, 0.15) is 0 Å². The highest BCUT2D eigenvalue weighted by Gasteiger charge is 2.51. The summed E-state index contributed by atoms with van der Waals surface area (Å²) in [5.41, 5.74) is 0.983. The highest BCUT2D eigenvalue weighted by Crippen LogP contribution is 2.39. The number of hydrogen-bond donors (Lipinski definition) is 0. The van der Waals surface area contributed by atoms with Crippen molar-refractivity contribution in [1.29, 1.82) is 0 Å². The van der Waals surface area contributed by atoms with Gasteiger partial charge in [-0.25, -0.2) is 12.7 Å². The zero-order valence-electron chi connectivity index (χ0n) is 12.2. The number of nitrogens with zero attached hydrogens (tertiary/aromatic N) is 1. The van der Waals surface area contributed by atoms with Gasteiger partial charge in [-0.05, 0) is 32.4 Å². The Hall–Kier alpha value is -1.40. The molecule has 1 aromatic rings. The molecule has 0 bridgehead atoms. The largest absolute Gasteiger partial charge is 0.381 e. The molecule has 0 aromatic heterocycles. The lowest BCUT2D eigenvalue weighted by atomic mass is 9.88. The standard InChI is InChI=1S/C15H19NO4S/c1-10-3-5-12(6-4-10)21(18,19)16-11(2)14-9-20-8-7-13(14)15(16)17/h3-6,11,13-14H,7-9H2,1-2H3/t11-,13+,14+/m0/s1. The van der Waals surface area contributed by atoms with Crippen LogP contribution in [0.2, 0.25) is 0 Å². The van der Waals surface area contributed by atoms with Crippen molar-refractivity contribution in [3.05, 3.63) is 29.8 Å². The van der Waals surface area contributed by atoms with Gasteiger partial charge in [0.2, 0.25) is 5.91 Å². The van der Waals surface area contributed by atoms with E-state index in [1.807, 2.05) is 6.92 Å². The van der Waals surface area contributed by atoms with Crippen LogP contribution in [-0.2, 0) is 19.6 Å². The van der Waals surface area contributed by atoms with Gasteiger partial charge in [-0.2, -0.15) is 0 Å². The van der Waals surface area contributed by atoms with E-state index in [0.29, 0.717) is 19.6 Å². The van der Waals surface area contributed by atoms with E-state index >= 15 is 0 Å². The van der Waals surface area contributed by atoms with Gasteiger partial charge in [0.25, 0.3) is 10.0 Å². The van der Waals surface area contributed by atoms with Gasteiger partial charge in [0.05, 0.1) is 17.5 Å². The molecule has 2 aliphatic rings. The number of amides is 1. The molecule has 21 heavy (non-hydrogen) atoms. The van der Waals surface area contributed by atoms with Crippen molar-refractivity contribution in [3.8, 4) is 0 Å². The summed E-state index contributed by atoms with van der Waals surface area (Å²) >= 11 is 0. The zero-order valence-corrected chi connectivity index (χ0v) is 13.0. The molecule has 0 saturated carbocycles. The maximum atomic E-state index is 12.8. The molecule has 1 amide bonds. The third kappa shape index (κ3) is 2.26. The van der Waals surface area contributed by atoms with Crippen molar-refractivity contribution in [2.75, 3.05) is 13.2 Å². The number of sulfonamides is 1. The lowest BCUT2D eigenvalue weighted by Crippen LogP contribution is -2.39. The summed E-state index contributed by atoms with van der Waals surface area (Å²) in [6.45, 7) is 4.67. The molecule has 114 valence electrons. The smallest absolute Gasteiger partial charge is 0.266 e. The van der Waals surface area contributed by atoms with Crippen molar-refractivity contribution in [2.45, 2.75) is 31.2 Å². The summed E-state index contributed by atoms with van der Waals surface area (Å²) < 4.78 is 32.0. The Kier molecular flexibility index (Phi) is 3.53. The quantitative estimate of drug-likeness (QED) is 0.832. The predicted octanol–water partition coefficient (Wildman–Crippen LogP) is 1.57. The molecule has 2 heterocycles. The topological polar surface area (TPSA) is 63.7 Å². The lowest BCUT2D eigenvalue weighted by Gasteiger charge is -2.26. The van der Waals surface area contributed by atoms with Crippen LogP contribution < -0.4 is 0 Å². The minimum Gasteiger partial charge on any atom is -0.381 e. The van der Waals surface area contributed by atoms with Crippen LogP contribution in [-0.4, -0.2) is 37.9 Å². The number of rotatable bonds is 2. The average Bonchev–Trinajstić information content (AvgIpc) is 2.72. The maximum Gasteiger partial charge on any atom is 0.266 e. The van der Waals surface area contributed by atoms with Gasteiger partial charge in [-0.15, -0.1) is 0 Å². The van der Waals surface area contributed by atoms with Gasteiger partial charge in [0, 0.05) is 18.4 Å². The van der Waals surface area contributed by atoms with Crippen LogP contribution in [0, 0.1) is 18.8 Å². The molecule has 1 aromatic carbocycles. The molecule has 0 N–H and O–H groups in total. The Morgan fingerprint density at radius 1 is 1.24 bits per heavy atom. The summed E-state index contributed by atoms with van der Waals surface area (Å²) in [7, 11) is -3.78. The highest BCUT2D eigenvalue weighted by atomic mass is 32.2. The SMILES string of the molecule is Cc1ccc(S(=O)(=O)N2C(=O)[C@@H]3CCOC[C@@H]3[C@@H]2C)cc1. The van der Waals surface area contributed by atoms with E-state index in [-0.39, 0.29) is 28.7 Å². The maximum absolute atomic E-state index is 12.8. The fourth-order valence-corrected chi connectivity index (χ4v) is 4.91. The summed E-state index contributed by atoms with van der Waals surface area (Å²) in [6, 6.07) is 6.25. The van der Waals surface area contributed by atoms with Crippen LogP contribution in [0.4, 0.5) is 0 Å². The summed E-state index contributed by atoms with van der Waals surface area (Å²) in [5, 5.41) is 0. The number of carbonyl (C=O) groups excluding carboxylic acids is 1. The van der Waals surface area contributed by atoms with Gasteiger partial charge in [0.15, 0.2) is 0 Å². The molecule has 0 radical (unpaired) electrons. The Labute approximate surface area is 124 Å². The van der Waals surface area contributed by atoms with Crippen LogP contribution in [0.15, 0.2) is 29.2 Å². The van der Waals surface area contributed by atoms with E-state index < -0.39 is 10.0 Å².